The van der Waals surface area contributed by atoms with Crippen LogP contribution in [0.15, 0.2) is 24.3 Å². The monoisotopic (exact) mass is 189 g/mol. The predicted octanol–water partition coefficient (Wildman–Crippen LogP) is 0.535. The molecule has 1 aliphatic heterocycles. The first-order valence-electron chi connectivity index (χ1n) is 4.27. The van der Waals surface area contributed by atoms with Gasteiger partial charge in [0, 0.05) is 7.05 Å². The molecule has 0 bridgehead atoms. The van der Waals surface area contributed by atoms with Gasteiger partial charge in [-0.3, -0.25) is 9.59 Å². The van der Waals surface area contributed by atoms with Crippen LogP contribution >= 0.6 is 0 Å². The van der Waals surface area contributed by atoms with E-state index in [-0.39, 0.29) is 18.4 Å². The molecule has 1 aliphatic rings. The number of likely N-dealkylation sites (N-methyl/N-ethyl adjacent to an activating group) is 1. The summed E-state index contributed by atoms with van der Waals surface area (Å²) in [6.45, 7) is 0.0491. The Bertz CT molecular complexity index is 401. The smallest absolute Gasteiger partial charge is 0.265 e. The molecule has 0 spiro atoms. The molecule has 0 aromatic heterocycles. The summed E-state index contributed by atoms with van der Waals surface area (Å²) in [6, 6.07) is 6.87. The first kappa shape index (κ1) is 8.74. The van der Waals surface area contributed by atoms with Crippen molar-refractivity contribution < 1.29 is 9.59 Å². The number of hydrogen-bond donors (Lipinski definition) is 0. The predicted molar refractivity (Wildman–Crippen MR) is 50.2 cm³/mol. The van der Waals surface area contributed by atoms with Gasteiger partial charge in [-0.15, -0.1) is 0 Å². The lowest BCUT2D eigenvalue weighted by molar-refractivity contribution is -0.120. The van der Waals surface area contributed by atoms with Crippen molar-refractivity contribution in [2.75, 3.05) is 13.6 Å². The number of fused-ring (bicyclic) bond motifs is 1. The van der Waals surface area contributed by atoms with E-state index in [1.807, 2.05) is 0 Å². The molecule has 4 heteroatoms. The van der Waals surface area contributed by atoms with Gasteiger partial charge in [0.05, 0.1) is 11.3 Å². The molecule has 0 saturated heterocycles. The van der Waals surface area contributed by atoms with Crippen LogP contribution in [-0.2, 0) is 4.79 Å². The molecular weight excluding hydrogens is 180 g/mol. The van der Waals surface area contributed by atoms with Gasteiger partial charge in [0.2, 0.25) is 0 Å². The van der Waals surface area contributed by atoms with E-state index in [1.165, 1.54) is 4.90 Å². The molecule has 0 atom stereocenters. The fourth-order valence-electron chi connectivity index (χ4n) is 1.40. The van der Waals surface area contributed by atoms with Crippen molar-refractivity contribution in [3.8, 4) is 0 Å². The van der Waals surface area contributed by atoms with Gasteiger partial charge in [0.25, 0.3) is 11.8 Å². The molecule has 14 heavy (non-hydrogen) atoms. The Morgan fingerprint density at radius 3 is 2.79 bits per heavy atom. The number of nitrogens with zero attached hydrogens (tertiary/aromatic N) is 2. The topological polar surface area (TPSA) is 51.5 Å². The van der Waals surface area contributed by atoms with Gasteiger partial charge >= 0.3 is 0 Å². The minimum Gasteiger partial charge on any atom is -0.332 e. The Kier molecular flexibility index (Phi) is 1.96. The van der Waals surface area contributed by atoms with Crippen molar-refractivity contribution in [2.24, 2.45) is 0 Å². The van der Waals surface area contributed by atoms with Gasteiger partial charge in [0.15, 0.2) is 0 Å². The summed E-state index contributed by atoms with van der Waals surface area (Å²) in [7, 11) is 1.60. The highest BCUT2D eigenvalue weighted by molar-refractivity contribution is 6.04. The summed E-state index contributed by atoms with van der Waals surface area (Å²) < 4.78 is 0. The van der Waals surface area contributed by atoms with E-state index in [9.17, 15) is 9.59 Å². The Balaban J connectivity index is 2.52. The Labute approximate surface area is 81.5 Å². The van der Waals surface area contributed by atoms with Gasteiger partial charge in [0.1, 0.15) is 6.54 Å². The zero-order valence-corrected chi connectivity index (χ0v) is 7.73. The first-order valence-corrected chi connectivity index (χ1v) is 4.27. The molecular formula is C10H9N2O2. The largest absolute Gasteiger partial charge is 0.332 e. The molecule has 1 aromatic rings. The normalized spacial score (nSPS) is 15.9. The minimum atomic E-state index is -0.286. The van der Waals surface area contributed by atoms with Crippen LogP contribution in [0.4, 0.5) is 5.69 Å². The molecule has 0 fully saturated rings. The van der Waals surface area contributed by atoms with Crippen molar-refractivity contribution in [3.05, 3.63) is 29.8 Å². The highest BCUT2D eigenvalue weighted by Crippen LogP contribution is 2.19. The first-order chi connectivity index (χ1) is 6.68. The molecule has 1 aromatic carbocycles. The molecule has 2 amide bonds. The number of benzene rings is 1. The van der Waals surface area contributed by atoms with Crippen LogP contribution in [0, 0.1) is 0 Å². The molecule has 2 rings (SSSR count). The van der Waals surface area contributed by atoms with Crippen LogP contribution < -0.4 is 5.32 Å². The molecule has 71 valence electrons. The maximum Gasteiger partial charge on any atom is 0.265 e. The third kappa shape index (κ3) is 1.35. The van der Waals surface area contributed by atoms with E-state index in [2.05, 4.69) is 5.32 Å². The van der Waals surface area contributed by atoms with Crippen LogP contribution in [0.25, 0.3) is 0 Å². The molecule has 1 heterocycles. The quantitative estimate of drug-likeness (QED) is 0.598. The number of rotatable bonds is 0. The van der Waals surface area contributed by atoms with Gasteiger partial charge in [-0.05, 0) is 12.1 Å². The Morgan fingerprint density at radius 2 is 2.00 bits per heavy atom. The van der Waals surface area contributed by atoms with Crippen molar-refractivity contribution in [1.82, 2.24) is 10.2 Å². The van der Waals surface area contributed by atoms with E-state index in [4.69, 9.17) is 0 Å². The van der Waals surface area contributed by atoms with Crippen molar-refractivity contribution in [3.63, 3.8) is 0 Å². The van der Waals surface area contributed by atoms with Gasteiger partial charge < -0.3 is 4.90 Å². The fourth-order valence-corrected chi connectivity index (χ4v) is 1.40. The van der Waals surface area contributed by atoms with Crippen molar-refractivity contribution in [2.45, 2.75) is 0 Å². The van der Waals surface area contributed by atoms with E-state index in [1.54, 1.807) is 31.3 Å². The third-order valence-corrected chi connectivity index (χ3v) is 2.10. The lowest BCUT2D eigenvalue weighted by atomic mass is 10.1. The second-order valence-electron chi connectivity index (χ2n) is 3.18. The summed E-state index contributed by atoms with van der Waals surface area (Å²) >= 11 is 0. The van der Waals surface area contributed by atoms with Crippen LogP contribution in [-0.4, -0.2) is 30.3 Å². The zero-order valence-electron chi connectivity index (χ0n) is 7.73. The minimum absolute atomic E-state index is 0.0491. The van der Waals surface area contributed by atoms with Crippen LogP contribution in [0.2, 0.25) is 0 Å². The molecule has 1 radical (unpaired) electrons. The average Bonchev–Trinajstić information content (AvgIpc) is 2.26. The standard InChI is InChI=1S/C10H9N2O2/c1-12-6-9(13)11-8-5-3-2-4-7(8)10(12)14/h2-5H,6H2,1H3. The van der Waals surface area contributed by atoms with Gasteiger partial charge in [-0.25, -0.2) is 5.32 Å². The van der Waals surface area contributed by atoms with E-state index in [0.29, 0.717) is 11.3 Å². The number of amides is 2. The van der Waals surface area contributed by atoms with Crippen molar-refractivity contribution in [1.29, 1.82) is 0 Å². The summed E-state index contributed by atoms with van der Waals surface area (Å²) in [6.07, 6.45) is 0. The third-order valence-electron chi connectivity index (χ3n) is 2.10. The van der Waals surface area contributed by atoms with E-state index in [0.717, 1.165) is 0 Å². The summed E-state index contributed by atoms with van der Waals surface area (Å²) in [5.74, 6) is -0.444. The summed E-state index contributed by atoms with van der Waals surface area (Å²) in [5.41, 5.74) is 0.952. The molecule has 4 nitrogen and oxygen atoms in total. The van der Waals surface area contributed by atoms with Crippen LogP contribution in [0.1, 0.15) is 10.4 Å². The number of hydrogen-bond acceptors (Lipinski definition) is 2. The van der Waals surface area contributed by atoms with E-state index < -0.39 is 0 Å². The SMILES string of the molecule is CN1CC(=O)[N]c2ccccc2C1=O. The van der Waals surface area contributed by atoms with Crippen LogP contribution in [0.5, 0.6) is 0 Å². The second kappa shape index (κ2) is 3.14. The second-order valence-corrected chi connectivity index (χ2v) is 3.18. The Hall–Kier alpha value is -1.84. The lowest BCUT2D eigenvalue weighted by Crippen LogP contribution is -2.30. The Morgan fingerprint density at radius 1 is 1.29 bits per heavy atom. The lowest BCUT2D eigenvalue weighted by Gasteiger charge is -2.11. The molecule has 0 aliphatic carbocycles. The maximum atomic E-state index is 11.7. The summed E-state index contributed by atoms with van der Waals surface area (Å²) in [4.78, 5) is 24.3. The average molecular weight is 189 g/mol. The highest BCUT2D eigenvalue weighted by atomic mass is 16.2. The molecule has 0 saturated carbocycles. The number of carbonyl (C=O) groups excluding carboxylic acids is 2. The highest BCUT2D eigenvalue weighted by Gasteiger charge is 2.23. The van der Waals surface area contributed by atoms with Crippen molar-refractivity contribution >= 4 is 17.5 Å². The van der Waals surface area contributed by atoms with Gasteiger partial charge in [-0.2, -0.15) is 0 Å². The number of para-hydroxylation sites is 1. The van der Waals surface area contributed by atoms with E-state index >= 15 is 0 Å². The molecule has 0 N–H and O–H groups in total. The fraction of sp³-hybridized carbons (Fsp3) is 0.200. The maximum absolute atomic E-state index is 11.7. The number of carbonyl (C=O) groups is 2. The molecule has 0 unspecified atom stereocenters. The van der Waals surface area contributed by atoms with Gasteiger partial charge in [-0.1, -0.05) is 12.1 Å². The summed E-state index contributed by atoms with van der Waals surface area (Å²) in [5, 5.41) is 3.84. The van der Waals surface area contributed by atoms with Crippen LogP contribution in [0.3, 0.4) is 0 Å². The zero-order chi connectivity index (χ0) is 10.1.